The third-order valence-corrected chi connectivity index (χ3v) is 2.77. The minimum atomic E-state index is -0.327. The van der Waals surface area contributed by atoms with Crippen LogP contribution >= 0.6 is 12.4 Å². The van der Waals surface area contributed by atoms with Crippen LogP contribution in [0.15, 0.2) is 0 Å². The van der Waals surface area contributed by atoms with Crippen molar-refractivity contribution in [2.24, 2.45) is 5.92 Å². The van der Waals surface area contributed by atoms with Crippen molar-refractivity contribution in [2.75, 3.05) is 13.7 Å². The van der Waals surface area contributed by atoms with Gasteiger partial charge in [-0.1, -0.05) is 0 Å². The lowest BCUT2D eigenvalue weighted by Gasteiger charge is -2.10. The van der Waals surface area contributed by atoms with E-state index in [1.807, 2.05) is 0 Å². The maximum absolute atomic E-state index is 11.3. The monoisotopic (exact) mass is 249 g/mol. The highest BCUT2D eigenvalue weighted by Crippen LogP contribution is 2.31. The Labute approximate surface area is 100 Å². The van der Waals surface area contributed by atoms with Gasteiger partial charge in [0.2, 0.25) is 0 Å². The summed E-state index contributed by atoms with van der Waals surface area (Å²) in [6.07, 6.45) is 2.23. The molecule has 0 amide bonds. The SMILES string of the molecule is COC(=O)[C@@H]1C[C@H](OC(=O)C2CC2)CN1.Cl. The first-order chi connectivity index (χ1) is 7.20. The van der Waals surface area contributed by atoms with Crippen LogP contribution in [0.3, 0.4) is 0 Å². The predicted molar refractivity (Wildman–Crippen MR) is 58.3 cm³/mol. The summed E-state index contributed by atoms with van der Waals surface area (Å²) in [5.74, 6) is -0.297. The summed E-state index contributed by atoms with van der Waals surface area (Å²) in [7, 11) is 1.35. The Bertz CT molecular complexity index is 280. The second kappa shape index (κ2) is 5.50. The maximum atomic E-state index is 11.3. The molecule has 0 aromatic carbocycles. The van der Waals surface area contributed by atoms with Crippen LogP contribution in [0.1, 0.15) is 19.3 Å². The molecular formula is C10H16ClNO4. The zero-order valence-electron chi connectivity index (χ0n) is 9.10. The first-order valence-electron chi connectivity index (χ1n) is 5.22. The normalized spacial score (nSPS) is 28.1. The van der Waals surface area contributed by atoms with Gasteiger partial charge in [-0.25, -0.2) is 0 Å². The van der Waals surface area contributed by atoms with Crippen LogP contribution in [0, 0.1) is 5.92 Å². The molecule has 5 nitrogen and oxygen atoms in total. The second-order valence-corrected chi connectivity index (χ2v) is 4.05. The number of methoxy groups -OCH3 is 1. The molecule has 2 aliphatic rings. The van der Waals surface area contributed by atoms with E-state index in [1.54, 1.807) is 0 Å². The van der Waals surface area contributed by atoms with Crippen LogP contribution in [-0.4, -0.2) is 37.7 Å². The summed E-state index contributed by atoms with van der Waals surface area (Å²) in [5.41, 5.74) is 0. The van der Waals surface area contributed by atoms with Gasteiger partial charge in [-0.3, -0.25) is 9.59 Å². The summed E-state index contributed by atoms with van der Waals surface area (Å²) < 4.78 is 9.86. The molecule has 0 spiro atoms. The number of ether oxygens (including phenoxy) is 2. The summed E-state index contributed by atoms with van der Waals surface area (Å²) in [4.78, 5) is 22.5. The van der Waals surface area contributed by atoms with Gasteiger partial charge in [-0.2, -0.15) is 0 Å². The van der Waals surface area contributed by atoms with Gasteiger partial charge >= 0.3 is 11.9 Å². The summed E-state index contributed by atoms with van der Waals surface area (Å²) in [6, 6.07) is -0.327. The Morgan fingerprint density at radius 3 is 2.50 bits per heavy atom. The van der Waals surface area contributed by atoms with Crippen molar-refractivity contribution >= 4 is 24.3 Å². The highest BCUT2D eigenvalue weighted by atomic mass is 35.5. The lowest BCUT2D eigenvalue weighted by Crippen LogP contribution is -2.31. The van der Waals surface area contributed by atoms with Crippen molar-refractivity contribution in [3.05, 3.63) is 0 Å². The number of esters is 2. The topological polar surface area (TPSA) is 64.6 Å². The standard InChI is InChI=1S/C10H15NO4.ClH/c1-14-10(13)8-4-7(5-11-8)15-9(12)6-2-3-6;/h6-8,11H,2-5H2,1H3;1H/t7-,8-;/m0./s1. The van der Waals surface area contributed by atoms with E-state index in [4.69, 9.17) is 4.74 Å². The van der Waals surface area contributed by atoms with E-state index >= 15 is 0 Å². The molecule has 2 rings (SSSR count). The van der Waals surface area contributed by atoms with Gasteiger partial charge in [0.1, 0.15) is 12.1 Å². The summed E-state index contributed by atoms with van der Waals surface area (Å²) in [5, 5.41) is 2.97. The van der Waals surface area contributed by atoms with Crippen molar-refractivity contribution in [1.82, 2.24) is 5.32 Å². The Morgan fingerprint density at radius 1 is 1.25 bits per heavy atom. The van der Waals surface area contributed by atoms with E-state index < -0.39 is 0 Å². The van der Waals surface area contributed by atoms with E-state index in [-0.39, 0.29) is 42.4 Å². The Kier molecular flexibility index (Phi) is 4.56. The van der Waals surface area contributed by atoms with Crippen LogP contribution < -0.4 is 5.32 Å². The molecule has 0 bridgehead atoms. The van der Waals surface area contributed by atoms with E-state index in [0.717, 1.165) is 12.8 Å². The first-order valence-corrected chi connectivity index (χ1v) is 5.22. The number of hydrogen-bond acceptors (Lipinski definition) is 5. The number of nitrogens with one attached hydrogen (secondary N) is 1. The van der Waals surface area contributed by atoms with Crippen LogP contribution in [0.2, 0.25) is 0 Å². The van der Waals surface area contributed by atoms with Gasteiger partial charge < -0.3 is 14.8 Å². The van der Waals surface area contributed by atoms with Gasteiger partial charge in [0.05, 0.1) is 13.0 Å². The zero-order chi connectivity index (χ0) is 10.8. The van der Waals surface area contributed by atoms with Gasteiger partial charge in [-0.15, -0.1) is 12.4 Å². The minimum absolute atomic E-state index is 0. The molecule has 0 unspecified atom stereocenters. The van der Waals surface area contributed by atoms with Gasteiger partial charge in [0.25, 0.3) is 0 Å². The van der Waals surface area contributed by atoms with Crippen molar-refractivity contribution < 1.29 is 19.1 Å². The molecule has 1 saturated heterocycles. The van der Waals surface area contributed by atoms with E-state index in [1.165, 1.54) is 7.11 Å². The number of carbonyl (C=O) groups excluding carboxylic acids is 2. The second-order valence-electron chi connectivity index (χ2n) is 4.05. The predicted octanol–water partition coefficient (Wildman–Crippen LogP) is 0.265. The van der Waals surface area contributed by atoms with Crippen molar-refractivity contribution in [3.8, 4) is 0 Å². The zero-order valence-corrected chi connectivity index (χ0v) is 9.92. The van der Waals surface area contributed by atoms with E-state index in [2.05, 4.69) is 10.1 Å². The maximum Gasteiger partial charge on any atom is 0.323 e. The lowest BCUT2D eigenvalue weighted by atomic mass is 10.2. The molecule has 0 aromatic rings. The fourth-order valence-corrected chi connectivity index (χ4v) is 1.69. The third-order valence-electron chi connectivity index (χ3n) is 2.77. The molecular weight excluding hydrogens is 234 g/mol. The van der Waals surface area contributed by atoms with Crippen LogP contribution in [0.25, 0.3) is 0 Å². The molecule has 0 radical (unpaired) electrons. The van der Waals surface area contributed by atoms with Gasteiger partial charge in [-0.05, 0) is 12.8 Å². The van der Waals surface area contributed by atoms with E-state index in [9.17, 15) is 9.59 Å². The van der Waals surface area contributed by atoms with Crippen molar-refractivity contribution in [1.29, 1.82) is 0 Å². The number of halogens is 1. The van der Waals surface area contributed by atoms with Gasteiger partial charge in [0, 0.05) is 13.0 Å². The Balaban J connectivity index is 0.00000128. The summed E-state index contributed by atoms with van der Waals surface area (Å²) >= 11 is 0. The molecule has 1 heterocycles. The highest BCUT2D eigenvalue weighted by Gasteiger charge is 2.36. The first kappa shape index (κ1) is 13.3. The molecule has 2 fully saturated rings. The average molecular weight is 250 g/mol. The Morgan fingerprint density at radius 2 is 1.94 bits per heavy atom. The smallest absolute Gasteiger partial charge is 0.323 e. The summed E-state index contributed by atoms with van der Waals surface area (Å²) in [6.45, 7) is 0.540. The van der Waals surface area contributed by atoms with Crippen molar-refractivity contribution in [3.63, 3.8) is 0 Å². The number of hydrogen-bond donors (Lipinski definition) is 1. The van der Waals surface area contributed by atoms with Gasteiger partial charge in [0.15, 0.2) is 0 Å². The highest BCUT2D eigenvalue weighted by molar-refractivity contribution is 5.85. The molecule has 1 aliphatic carbocycles. The fourth-order valence-electron chi connectivity index (χ4n) is 1.69. The number of rotatable bonds is 3. The molecule has 92 valence electrons. The minimum Gasteiger partial charge on any atom is -0.468 e. The third kappa shape index (κ3) is 3.09. The van der Waals surface area contributed by atoms with Crippen LogP contribution in [0.5, 0.6) is 0 Å². The largest absolute Gasteiger partial charge is 0.468 e. The molecule has 2 atom stereocenters. The molecule has 16 heavy (non-hydrogen) atoms. The molecule has 1 saturated carbocycles. The van der Waals surface area contributed by atoms with E-state index in [0.29, 0.717) is 13.0 Å². The average Bonchev–Trinajstić information content (AvgIpc) is 2.99. The molecule has 0 aromatic heterocycles. The quantitative estimate of drug-likeness (QED) is 0.727. The number of carbonyl (C=O) groups is 2. The Hall–Kier alpha value is -0.810. The van der Waals surface area contributed by atoms with Crippen LogP contribution in [0.4, 0.5) is 0 Å². The molecule has 1 N–H and O–H groups in total. The lowest BCUT2D eigenvalue weighted by molar-refractivity contribution is -0.151. The molecule has 1 aliphatic heterocycles. The molecule has 6 heteroatoms. The van der Waals surface area contributed by atoms with Crippen molar-refractivity contribution in [2.45, 2.75) is 31.4 Å². The van der Waals surface area contributed by atoms with Crippen LogP contribution in [-0.2, 0) is 19.1 Å². The fraction of sp³-hybridized carbons (Fsp3) is 0.800.